The third kappa shape index (κ3) is 3.37. The molecule has 3 heterocycles. The van der Waals surface area contributed by atoms with Crippen LogP contribution in [0.5, 0.6) is 0 Å². The topological polar surface area (TPSA) is 87.3 Å². The standard InChI is InChI=1S/C22H26N4O4/c1-15(24-10-12-25(13-11-24)20(28)18-9-6-14-30-18)19(27)26-17-8-5-4-7-16(17)23-21(29)22(26,2)3/h4-9,14-15H,10-13H2,1-3H3,(H,23,29)/p+1/t15-/m1/s1. The molecule has 8 nitrogen and oxygen atoms in total. The maximum Gasteiger partial charge on any atom is 0.289 e. The molecule has 2 aliphatic heterocycles. The summed E-state index contributed by atoms with van der Waals surface area (Å²) in [6, 6.07) is 10.4. The van der Waals surface area contributed by atoms with Crippen molar-refractivity contribution in [2.75, 3.05) is 36.4 Å². The summed E-state index contributed by atoms with van der Waals surface area (Å²) in [6.07, 6.45) is 1.49. The summed E-state index contributed by atoms with van der Waals surface area (Å²) < 4.78 is 5.21. The highest BCUT2D eigenvalue weighted by Crippen LogP contribution is 2.36. The number of para-hydroxylation sites is 2. The summed E-state index contributed by atoms with van der Waals surface area (Å²) in [5, 5.41) is 2.89. The Balaban J connectivity index is 1.49. The van der Waals surface area contributed by atoms with Crippen molar-refractivity contribution in [3.63, 3.8) is 0 Å². The van der Waals surface area contributed by atoms with E-state index in [9.17, 15) is 14.4 Å². The van der Waals surface area contributed by atoms with Gasteiger partial charge in [0.2, 0.25) is 5.91 Å². The number of fused-ring (bicyclic) bond motifs is 1. The first-order chi connectivity index (χ1) is 14.3. The number of nitrogens with one attached hydrogen (secondary N) is 2. The number of nitrogens with zero attached hydrogens (tertiary/aromatic N) is 2. The molecule has 0 radical (unpaired) electrons. The first kappa shape index (κ1) is 20.2. The minimum Gasteiger partial charge on any atom is -0.459 e. The number of furan rings is 1. The molecular weight excluding hydrogens is 384 g/mol. The van der Waals surface area contributed by atoms with E-state index in [1.165, 1.54) is 6.26 Å². The summed E-state index contributed by atoms with van der Waals surface area (Å²) in [6.45, 7) is 7.83. The van der Waals surface area contributed by atoms with Crippen molar-refractivity contribution < 1.29 is 23.7 Å². The Morgan fingerprint density at radius 3 is 2.50 bits per heavy atom. The first-order valence-corrected chi connectivity index (χ1v) is 10.2. The molecule has 0 unspecified atom stereocenters. The molecule has 1 aromatic heterocycles. The molecule has 0 bridgehead atoms. The van der Waals surface area contributed by atoms with Gasteiger partial charge in [0.15, 0.2) is 11.8 Å². The molecule has 1 atom stereocenters. The average molecular weight is 411 g/mol. The van der Waals surface area contributed by atoms with Crippen LogP contribution in [-0.2, 0) is 9.59 Å². The van der Waals surface area contributed by atoms with E-state index in [1.807, 2.05) is 25.1 Å². The van der Waals surface area contributed by atoms with Crippen molar-refractivity contribution in [3.8, 4) is 0 Å². The van der Waals surface area contributed by atoms with Crippen molar-refractivity contribution in [2.45, 2.75) is 32.4 Å². The highest BCUT2D eigenvalue weighted by atomic mass is 16.3. The van der Waals surface area contributed by atoms with Crippen molar-refractivity contribution >= 4 is 29.1 Å². The van der Waals surface area contributed by atoms with Crippen LogP contribution in [0.2, 0.25) is 0 Å². The van der Waals surface area contributed by atoms with E-state index in [1.54, 1.807) is 41.8 Å². The second kappa shape index (κ2) is 7.60. The zero-order chi connectivity index (χ0) is 21.5. The molecular formula is C22H27N4O4+. The molecule has 2 aromatic rings. The Labute approximate surface area is 175 Å². The minimum atomic E-state index is -0.990. The zero-order valence-electron chi connectivity index (χ0n) is 17.5. The average Bonchev–Trinajstić information content (AvgIpc) is 3.28. The number of carbonyl (C=O) groups is 3. The number of amides is 3. The van der Waals surface area contributed by atoms with Gasteiger partial charge in [-0.2, -0.15) is 0 Å². The predicted octanol–water partition coefficient (Wildman–Crippen LogP) is 0.773. The molecule has 158 valence electrons. The van der Waals surface area contributed by atoms with E-state index in [4.69, 9.17) is 4.42 Å². The number of carbonyl (C=O) groups excluding carboxylic acids is 3. The molecule has 1 saturated heterocycles. The van der Waals surface area contributed by atoms with Crippen molar-refractivity contribution in [2.24, 2.45) is 0 Å². The van der Waals surface area contributed by atoms with Gasteiger partial charge < -0.3 is 19.5 Å². The molecule has 30 heavy (non-hydrogen) atoms. The van der Waals surface area contributed by atoms with Gasteiger partial charge >= 0.3 is 0 Å². The molecule has 3 amide bonds. The molecule has 4 rings (SSSR count). The fraction of sp³-hybridized carbons (Fsp3) is 0.409. The zero-order valence-corrected chi connectivity index (χ0v) is 17.5. The second-order valence-electron chi connectivity index (χ2n) is 8.35. The van der Waals surface area contributed by atoms with Crippen LogP contribution in [0.25, 0.3) is 0 Å². The number of hydrogen-bond donors (Lipinski definition) is 2. The van der Waals surface area contributed by atoms with E-state index >= 15 is 0 Å². The number of hydrogen-bond acceptors (Lipinski definition) is 4. The van der Waals surface area contributed by atoms with Crippen LogP contribution >= 0.6 is 0 Å². The second-order valence-corrected chi connectivity index (χ2v) is 8.35. The normalized spacial score (nSPS) is 19.8. The Kier molecular flexibility index (Phi) is 5.11. The van der Waals surface area contributed by atoms with Crippen LogP contribution in [0.15, 0.2) is 47.1 Å². The summed E-state index contributed by atoms with van der Waals surface area (Å²) >= 11 is 0. The van der Waals surface area contributed by atoms with Gasteiger partial charge in [-0.3, -0.25) is 19.3 Å². The van der Waals surface area contributed by atoms with Crippen molar-refractivity contribution in [3.05, 3.63) is 48.4 Å². The Bertz CT molecular complexity index is 961. The summed E-state index contributed by atoms with van der Waals surface area (Å²) in [5.41, 5.74) is 0.368. The SMILES string of the molecule is C[C@H](C(=O)N1c2ccccc2NC(=O)C1(C)C)[NH+]1CCN(C(=O)c2ccco2)CC1. The van der Waals surface area contributed by atoms with Gasteiger partial charge in [0.05, 0.1) is 43.8 Å². The Morgan fingerprint density at radius 2 is 1.83 bits per heavy atom. The molecule has 2 aliphatic rings. The van der Waals surface area contributed by atoms with Crippen LogP contribution in [0, 0.1) is 0 Å². The minimum absolute atomic E-state index is 0.0943. The number of anilines is 2. The molecule has 2 N–H and O–H groups in total. The van der Waals surface area contributed by atoms with Crippen molar-refractivity contribution in [1.82, 2.24) is 4.90 Å². The lowest BCUT2D eigenvalue weighted by Gasteiger charge is -2.44. The number of benzene rings is 1. The molecule has 0 spiro atoms. The highest BCUT2D eigenvalue weighted by Gasteiger charge is 2.46. The van der Waals surface area contributed by atoms with Gasteiger partial charge in [0.25, 0.3) is 11.8 Å². The lowest BCUT2D eigenvalue weighted by Crippen LogP contribution is -3.19. The van der Waals surface area contributed by atoms with E-state index in [-0.39, 0.29) is 23.8 Å². The van der Waals surface area contributed by atoms with E-state index in [0.29, 0.717) is 43.3 Å². The van der Waals surface area contributed by atoms with Crippen LogP contribution in [-0.4, -0.2) is 60.4 Å². The summed E-state index contributed by atoms with van der Waals surface area (Å²) in [7, 11) is 0. The van der Waals surface area contributed by atoms with E-state index < -0.39 is 5.54 Å². The predicted molar refractivity (Wildman–Crippen MR) is 111 cm³/mol. The van der Waals surface area contributed by atoms with Crippen LogP contribution in [0.1, 0.15) is 31.3 Å². The number of piperazine rings is 1. The van der Waals surface area contributed by atoms with Gasteiger partial charge in [0.1, 0.15) is 5.54 Å². The van der Waals surface area contributed by atoms with E-state index in [0.717, 1.165) is 4.90 Å². The number of rotatable bonds is 3. The fourth-order valence-corrected chi connectivity index (χ4v) is 4.20. The molecule has 1 aromatic carbocycles. The van der Waals surface area contributed by atoms with Crippen LogP contribution < -0.4 is 15.1 Å². The Hall–Kier alpha value is -3.13. The lowest BCUT2D eigenvalue weighted by molar-refractivity contribution is -0.917. The third-order valence-electron chi connectivity index (χ3n) is 6.14. The maximum atomic E-state index is 13.6. The van der Waals surface area contributed by atoms with Gasteiger partial charge in [-0.1, -0.05) is 12.1 Å². The van der Waals surface area contributed by atoms with Crippen LogP contribution in [0.4, 0.5) is 11.4 Å². The lowest BCUT2D eigenvalue weighted by atomic mass is 9.95. The third-order valence-corrected chi connectivity index (χ3v) is 6.14. The Morgan fingerprint density at radius 1 is 1.13 bits per heavy atom. The largest absolute Gasteiger partial charge is 0.459 e. The van der Waals surface area contributed by atoms with Crippen LogP contribution in [0.3, 0.4) is 0 Å². The van der Waals surface area contributed by atoms with Gasteiger partial charge in [0, 0.05) is 0 Å². The molecule has 0 aliphatic carbocycles. The summed E-state index contributed by atoms with van der Waals surface area (Å²) in [5.74, 6) is -0.0882. The van der Waals surface area contributed by atoms with Crippen molar-refractivity contribution in [1.29, 1.82) is 0 Å². The number of quaternary nitrogens is 1. The van der Waals surface area contributed by atoms with Gasteiger partial charge in [-0.25, -0.2) is 0 Å². The molecule has 8 heteroatoms. The maximum absolute atomic E-state index is 13.6. The first-order valence-electron chi connectivity index (χ1n) is 10.2. The molecule has 0 saturated carbocycles. The highest BCUT2D eigenvalue weighted by molar-refractivity contribution is 6.14. The van der Waals surface area contributed by atoms with Gasteiger partial charge in [-0.05, 0) is 45.0 Å². The van der Waals surface area contributed by atoms with E-state index in [2.05, 4.69) is 5.32 Å². The monoisotopic (exact) mass is 411 g/mol. The smallest absolute Gasteiger partial charge is 0.289 e. The quantitative estimate of drug-likeness (QED) is 0.781. The summed E-state index contributed by atoms with van der Waals surface area (Å²) in [4.78, 5) is 43.2. The fourth-order valence-electron chi connectivity index (χ4n) is 4.20. The van der Waals surface area contributed by atoms with Gasteiger partial charge in [-0.15, -0.1) is 0 Å². The molecule has 1 fully saturated rings.